The maximum absolute atomic E-state index is 12.1. The number of amides is 1. The molecule has 0 aromatic heterocycles. The summed E-state index contributed by atoms with van der Waals surface area (Å²) in [6.07, 6.45) is 4.55. The number of phenols is 1. The molecule has 4 N–H and O–H groups in total. The van der Waals surface area contributed by atoms with E-state index < -0.39 is 5.54 Å². The second-order valence-electron chi connectivity index (χ2n) is 4.69. The SMILES string of the molecule is Cl.NC1(C(=O)Nc2ccccc2O)CCCCC1. The van der Waals surface area contributed by atoms with Crippen LogP contribution in [0.25, 0.3) is 0 Å². The number of benzene rings is 1. The zero-order chi connectivity index (χ0) is 12.3. The summed E-state index contributed by atoms with van der Waals surface area (Å²) >= 11 is 0. The second kappa shape index (κ2) is 6.07. The average Bonchev–Trinajstić information content (AvgIpc) is 2.33. The number of carbonyl (C=O) groups is 1. The van der Waals surface area contributed by atoms with Crippen LogP contribution in [-0.4, -0.2) is 16.6 Å². The van der Waals surface area contributed by atoms with E-state index in [1.54, 1.807) is 24.3 Å². The van der Waals surface area contributed by atoms with Crippen LogP contribution in [-0.2, 0) is 4.79 Å². The minimum absolute atomic E-state index is 0. The number of phenolic OH excluding ortho intramolecular Hbond substituents is 1. The van der Waals surface area contributed by atoms with E-state index in [1.165, 1.54) is 0 Å². The van der Waals surface area contributed by atoms with Gasteiger partial charge in [0.15, 0.2) is 0 Å². The largest absolute Gasteiger partial charge is 0.506 e. The van der Waals surface area contributed by atoms with Gasteiger partial charge in [-0.2, -0.15) is 0 Å². The van der Waals surface area contributed by atoms with Gasteiger partial charge in [-0.05, 0) is 25.0 Å². The predicted molar refractivity (Wildman–Crippen MR) is 74.0 cm³/mol. The molecule has 0 spiro atoms. The molecule has 5 heteroatoms. The molecule has 0 bridgehead atoms. The van der Waals surface area contributed by atoms with Crippen LogP contribution in [0.3, 0.4) is 0 Å². The molecule has 1 aliphatic rings. The van der Waals surface area contributed by atoms with Gasteiger partial charge in [0.2, 0.25) is 5.91 Å². The first-order valence-electron chi connectivity index (χ1n) is 6.00. The van der Waals surface area contributed by atoms with E-state index in [-0.39, 0.29) is 24.1 Å². The van der Waals surface area contributed by atoms with Crippen LogP contribution in [0.1, 0.15) is 32.1 Å². The van der Waals surface area contributed by atoms with E-state index in [0.717, 1.165) is 19.3 Å². The number of halogens is 1. The molecule has 0 heterocycles. The van der Waals surface area contributed by atoms with Crippen LogP contribution in [0.5, 0.6) is 5.75 Å². The predicted octanol–water partition coefficient (Wildman–Crippen LogP) is 2.41. The average molecular weight is 271 g/mol. The van der Waals surface area contributed by atoms with Crippen LogP contribution < -0.4 is 11.1 Å². The number of nitrogens with two attached hydrogens (primary N) is 1. The van der Waals surface area contributed by atoms with Crippen molar-refractivity contribution in [3.05, 3.63) is 24.3 Å². The lowest BCUT2D eigenvalue weighted by Crippen LogP contribution is -2.52. The topological polar surface area (TPSA) is 75.4 Å². The number of anilines is 1. The molecule has 4 nitrogen and oxygen atoms in total. The van der Waals surface area contributed by atoms with E-state index >= 15 is 0 Å². The second-order valence-corrected chi connectivity index (χ2v) is 4.69. The highest BCUT2D eigenvalue weighted by Gasteiger charge is 2.35. The molecule has 0 unspecified atom stereocenters. The van der Waals surface area contributed by atoms with Gasteiger partial charge >= 0.3 is 0 Å². The molecule has 0 saturated heterocycles. The highest BCUT2D eigenvalue weighted by molar-refractivity contribution is 5.99. The number of hydrogen-bond donors (Lipinski definition) is 3. The van der Waals surface area contributed by atoms with Gasteiger partial charge < -0.3 is 16.2 Å². The van der Waals surface area contributed by atoms with Gasteiger partial charge in [-0.25, -0.2) is 0 Å². The normalized spacial score (nSPS) is 17.6. The van der Waals surface area contributed by atoms with Crippen molar-refractivity contribution in [3.8, 4) is 5.75 Å². The Hall–Kier alpha value is -1.26. The molecule has 18 heavy (non-hydrogen) atoms. The highest BCUT2D eigenvalue weighted by Crippen LogP contribution is 2.29. The number of aromatic hydroxyl groups is 1. The molecule has 1 amide bonds. The van der Waals surface area contributed by atoms with Crippen molar-refractivity contribution in [2.75, 3.05) is 5.32 Å². The molecular weight excluding hydrogens is 252 g/mol. The van der Waals surface area contributed by atoms with Crippen molar-refractivity contribution in [1.82, 2.24) is 0 Å². The van der Waals surface area contributed by atoms with Crippen molar-refractivity contribution in [2.24, 2.45) is 5.73 Å². The van der Waals surface area contributed by atoms with Crippen LogP contribution in [0, 0.1) is 0 Å². The first-order valence-corrected chi connectivity index (χ1v) is 6.00. The lowest BCUT2D eigenvalue weighted by molar-refractivity contribution is -0.122. The minimum Gasteiger partial charge on any atom is -0.506 e. The zero-order valence-corrected chi connectivity index (χ0v) is 11.0. The van der Waals surface area contributed by atoms with Crippen molar-refractivity contribution in [2.45, 2.75) is 37.6 Å². The lowest BCUT2D eigenvalue weighted by atomic mass is 9.82. The maximum Gasteiger partial charge on any atom is 0.244 e. The molecule has 1 fully saturated rings. The Morgan fingerprint density at radius 3 is 2.44 bits per heavy atom. The van der Waals surface area contributed by atoms with Crippen molar-refractivity contribution >= 4 is 24.0 Å². The van der Waals surface area contributed by atoms with Crippen molar-refractivity contribution in [3.63, 3.8) is 0 Å². The molecule has 0 atom stereocenters. The lowest BCUT2D eigenvalue weighted by Gasteiger charge is -2.31. The zero-order valence-electron chi connectivity index (χ0n) is 10.2. The summed E-state index contributed by atoms with van der Waals surface area (Å²) in [5.74, 6) is -0.126. The van der Waals surface area contributed by atoms with Gasteiger partial charge in [0, 0.05) is 0 Å². The first kappa shape index (κ1) is 14.8. The van der Waals surface area contributed by atoms with E-state index in [0.29, 0.717) is 18.5 Å². The van der Waals surface area contributed by atoms with Gasteiger partial charge in [-0.1, -0.05) is 31.4 Å². The Balaban J connectivity index is 0.00000162. The fourth-order valence-electron chi connectivity index (χ4n) is 2.24. The third kappa shape index (κ3) is 3.15. The monoisotopic (exact) mass is 270 g/mol. The molecule has 1 aromatic rings. The Bertz CT molecular complexity index is 417. The minimum atomic E-state index is -0.777. The molecular formula is C13H19ClN2O2. The van der Waals surface area contributed by atoms with Crippen molar-refractivity contribution < 1.29 is 9.90 Å². The number of nitrogens with one attached hydrogen (secondary N) is 1. The summed E-state index contributed by atoms with van der Waals surface area (Å²) in [6.45, 7) is 0. The van der Waals surface area contributed by atoms with E-state index in [2.05, 4.69) is 5.32 Å². The smallest absolute Gasteiger partial charge is 0.244 e. The molecule has 2 rings (SSSR count). The number of para-hydroxylation sites is 2. The molecule has 1 aromatic carbocycles. The summed E-state index contributed by atoms with van der Waals surface area (Å²) in [5, 5.41) is 12.3. The number of rotatable bonds is 2. The van der Waals surface area contributed by atoms with Gasteiger partial charge in [0.1, 0.15) is 5.75 Å². The van der Waals surface area contributed by atoms with Gasteiger partial charge in [0.05, 0.1) is 11.2 Å². The third-order valence-corrected chi connectivity index (χ3v) is 3.35. The van der Waals surface area contributed by atoms with Crippen LogP contribution in [0.4, 0.5) is 5.69 Å². The molecule has 1 saturated carbocycles. The quantitative estimate of drug-likeness (QED) is 0.723. The summed E-state index contributed by atoms with van der Waals surface area (Å²) in [6, 6.07) is 6.68. The van der Waals surface area contributed by atoms with E-state index in [9.17, 15) is 9.90 Å². The number of hydrogen-bond acceptors (Lipinski definition) is 3. The van der Waals surface area contributed by atoms with Crippen LogP contribution in [0.2, 0.25) is 0 Å². The molecule has 1 aliphatic carbocycles. The standard InChI is InChI=1S/C13H18N2O2.ClH/c14-13(8-4-1-5-9-13)12(17)15-10-6-2-3-7-11(10)16;/h2-3,6-7,16H,1,4-5,8-9,14H2,(H,15,17);1H. The Morgan fingerprint density at radius 2 is 1.83 bits per heavy atom. The van der Waals surface area contributed by atoms with Gasteiger partial charge in [-0.15, -0.1) is 12.4 Å². The summed E-state index contributed by atoms with van der Waals surface area (Å²) in [5.41, 5.74) is 5.75. The first-order chi connectivity index (χ1) is 8.12. The van der Waals surface area contributed by atoms with E-state index in [1.807, 2.05) is 0 Å². The highest BCUT2D eigenvalue weighted by atomic mass is 35.5. The number of carbonyl (C=O) groups excluding carboxylic acids is 1. The fourth-order valence-corrected chi connectivity index (χ4v) is 2.24. The summed E-state index contributed by atoms with van der Waals surface area (Å²) < 4.78 is 0. The van der Waals surface area contributed by atoms with Crippen molar-refractivity contribution in [1.29, 1.82) is 0 Å². The summed E-state index contributed by atoms with van der Waals surface area (Å²) in [4.78, 5) is 12.1. The Kier molecular flexibility index (Phi) is 4.99. The summed E-state index contributed by atoms with van der Waals surface area (Å²) in [7, 11) is 0. The molecule has 0 radical (unpaired) electrons. The maximum atomic E-state index is 12.1. The van der Waals surface area contributed by atoms with Gasteiger partial charge in [0.25, 0.3) is 0 Å². The van der Waals surface area contributed by atoms with E-state index in [4.69, 9.17) is 5.73 Å². The third-order valence-electron chi connectivity index (χ3n) is 3.35. The van der Waals surface area contributed by atoms with Gasteiger partial charge in [-0.3, -0.25) is 4.79 Å². The Morgan fingerprint density at radius 1 is 1.22 bits per heavy atom. The molecule has 0 aliphatic heterocycles. The molecule has 100 valence electrons. The Labute approximate surface area is 113 Å². The fraction of sp³-hybridized carbons (Fsp3) is 0.462. The van der Waals surface area contributed by atoms with Crippen LogP contribution in [0.15, 0.2) is 24.3 Å². The van der Waals surface area contributed by atoms with Crippen LogP contribution >= 0.6 is 12.4 Å².